The summed E-state index contributed by atoms with van der Waals surface area (Å²) >= 11 is 10.1. The molecule has 0 saturated carbocycles. The van der Waals surface area contributed by atoms with Gasteiger partial charge in [0, 0.05) is 27.7 Å². The van der Waals surface area contributed by atoms with E-state index >= 15 is 0 Å². The largest absolute Gasteiger partial charge is 0.288 e. The molecule has 0 unspecified atom stereocenters. The van der Waals surface area contributed by atoms with E-state index in [2.05, 4.69) is 15.9 Å². The molecule has 0 spiro atoms. The van der Waals surface area contributed by atoms with Gasteiger partial charge in [-0.2, -0.15) is 0 Å². The topological polar surface area (TPSA) is 17.1 Å². The lowest BCUT2D eigenvalue weighted by atomic mass is 10.2. The van der Waals surface area contributed by atoms with Crippen molar-refractivity contribution in [1.29, 1.82) is 0 Å². The maximum atomic E-state index is 13.5. The molecule has 16 heavy (non-hydrogen) atoms. The molecule has 1 aromatic rings. The molecule has 5 heteroatoms. The summed E-state index contributed by atoms with van der Waals surface area (Å²) in [6.07, 6.45) is 3.37. The molecular formula is C11H9BrClFOS. The fraction of sp³-hybridized carbons (Fsp3) is 0.182. The Labute approximate surface area is 111 Å². The van der Waals surface area contributed by atoms with Crippen LogP contribution in [0.2, 0.25) is 5.02 Å². The van der Waals surface area contributed by atoms with Crippen molar-refractivity contribution < 1.29 is 9.18 Å². The molecule has 0 aliphatic carbocycles. The number of carbonyl (C=O) groups is 1. The van der Waals surface area contributed by atoms with Gasteiger partial charge in [0.15, 0.2) is 5.12 Å². The summed E-state index contributed by atoms with van der Waals surface area (Å²) in [7, 11) is 0. The summed E-state index contributed by atoms with van der Waals surface area (Å²) in [4.78, 5) is 10.7. The number of benzene rings is 1. The molecule has 0 aliphatic rings. The Balaban J connectivity index is 2.77. The van der Waals surface area contributed by atoms with Crippen LogP contribution in [0.3, 0.4) is 0 Å². The van der Waals surface area contributed by atoms with Gasteiger partial charge in [0.05, 0.1) is 0 Å². The van der Waals surface area contributed by atoms with Crippen molar-refractivity contribution in [3.63, 3.8) is 0 Å². The maximum Gasteiger partial charge on any atom is 0.186 e. The molecule has 0 radical (unpaired) electrons. The summed E-state index contributed by atoms with van der Waals surface area (Å²) < 4.78 is 14.1. The number of rotatable bonds is 3. The van der Waals surface area contributed by atoms with Gasteiger partial charge < -0.3 is 0 Å². The Bertz CT molecular complexity index is 411. The molecule has 0 aliphatic heterocycles. The van der Waals surface area contributed by atoms with Crippen molar-refractivity contribution in [3.8, 4) is 0 Å². The molecule has 0 bridgehead atoms. The summed E-state index contributed by atoms with van der Waals surface area (Å²) in [5, 5.41) is 0.389. The maximum absolute atomic E-state index is 13.5. The van der Waals surface area contributed by atoms with Crippen LogP contribution in [0, 0.1) is 5.82 Å². The standard InChI is InChI=1S/C11H9BrClFOS/c1-7(15)16-4-2-3-9-10(12)5-8(13)6-11(9)14/h2-3,5-6H,4H2,1H3. The van der Waals surface area contributed by atoms with Crippen LogP contribution < -0.4 is 0 Å². The lowest BCUT2D eigenvalue weighted by Crippen LogP contribution is -1.86. The third-order valence-electron chi connectivity index (χ3n) is 1.71. The molecule has 1 nitrogen and oxygen atoms in total. The quantitative estimate of drug-likeness (QED) is 0.812. The normalized spacial score (nSPS) is 11.0. The number of hydrogen-bond donors (Lipinski definition) is 0. The van der Waals surface area contributed by atoms with E-state index in [1.165, 1.54) is 24.8 Å². The number of thioether (sulfide) groups is 1. The Morgan fingerprint density at radius 3 is 2.88 bits per heavy atom. The number of halogens is 3. The van der Waals surface area contributed by atoms with E-state index in [4.69, 9.17) is 11.6 Å². The molecule has 0 aromatic heterocycles. The zero-order chi connectivity index (χ0) is 12.1. The van der Waals surface area contributed by atoms with Crippen LogP contribution in [0.1, 0.15) is 12.5 Å². The van der Waals surface area contributed by atoms with Crippen molar-refractivity contribution in [1.82, 2.24) is 0 Å². The fourth-order valence-corrected chi connectivity index (χ4v) is 2.38. The van der Waals surface area contributed by atoms with Gasteiger partial charge >= 0.3 is 0 Å². The highest BCUT2D eigenvalue weighted by molar-refractivity contribution is 9.10. The highest BCUT2D eigenvalue weighted by Crippen LogP contribution is 2.26. The molecule has 86 valence electrons. The second kappa shape index (κ2) is 6.42. The number of carbonyl (C=O) groups excluding carboxylic acids is 1. The minimum Gasteiger partial charge on any atom is -0.288 e. The first-order valence-corrected chi connectivity index (χ1v) is 6.61. The Morgan fingerprint density at radius 1 is 1.62 bits per heavy atom. The van der Waals surface area contributed by atoms with Crippen molar-refractivity contribution >= 4 is 50.5 Å². The second-order valence-corrected chi connectivity index (χ2v) is 5.48. The van der Waals surface area contributed by atoms with Crippen LogP contribution in [-0.4, -0.2) is 10.9 Å². The van der Waals surface area contributed by atoms with Gasteiger partial charge in [0.1, 0.15) is 5.82 Å². The Kier molecular flexibility index (Phi) is 5.52. The second-order valence-electron chi connectivity index (χ2n) is 2.99. The minimum atomic E-state index is -0.386. The van der Waals surface area contributed by atoms with E-state index in [0.29, 0.717) is 20.8 Å². The third-order valence-corrected chi connectivity index (χ3v) is 3.35. The van der Waals surface area contributed by atoms with Crippen LogP contribution in [0.4, 0.5) is 4.39 Å². The molecule has 1 rings (SSSR count). The predicted molar refractivity (Wildman–Crippen MR) is 71.3 cm³/mol. The van der Waals surface area contributed by atoms with Gasteiger partial charge in [0.2, 0.25) is 0 Å². The van der Waals surface area contributed by atoms with Crippen LogP contribution >= 0.6 is 39.3 Å². The SMILES string of the molecule is CC(=O)SCC=Cc1c(F)cc(Cl)cc1Br. The van der Waals surface area contributed by atoms with E-state index in [1.807, 2.05) is 0 Å². The van der Waals surface area contributed by atoms with Gasteiger partial charge in [0.25, 0.3) is 0 Å². The molecule has 0 amide bonds. The fourth-order valence-electron chi connectivity index (χ4n) is 1.04. The van der Waals surface area contributed by atoms with Crippen LogP contribution in [0.25, 0.3) is 6.08 Å². The van der Waals surface area contributed by atoms with Gasteiger partial charge in [-0.05, 0) is 12.1 Å². The summed E-state index contributed by atoms with van der Waals surface area (Å²) in [5.41, 5.74) is 0.438. The Morgan fingerprint density at radius 2 is 2.31 bits per heavy atom. The smallest absolute Gasteiger partial charge is 0.186 e. The zero-order valence-electron chi connectivity index (χ0n) is 8.47. The van der Waals surface area contributed by atoms with Crippen molar-refractivity contribution in [2.45, 2.75) is 6.92 Å². The van der Waals surface area contributed by atoms with Gasteiger partial charge in [-0.3, -0.25) is 4.79 Å². The average Bonchev–Trinajstić information content (AvgIpc) is 2.14. The molecule has 1 aromatic carbocycles. The van der Waals surface area contributed by atoms with Crippen LogP contribution in [0.5, 0.6) is 0 Å². The molecule has 0 atom stereocenters. The van der Waals surface area contributed by atoms with Crippen LogP contribution in [-0.2, 0) is 4.79 Å². The molecule has 0 heterocycles. The van der Waals surface area contributed by atoms with Gasteiger partial charge in [-0.25, -0.2) is 4.39 Å². The Hall–Kier alpha value is -0.320. The highest BCUT2D eigenvalue weighted by atomic mass is 79.9. The van der Waals surface area contributed by atoms with Gasteiger partial charge in [-0.1, -0.05) is 51.4 Å². The van der Waals surface area contributed by atoms with E-state index in [-0.39, 0.29) is 10.9 Å². The molecule has 0 N–H and O–H groups in total. The van der Waals surface area contributed by atoms with Crippen molar-refractivity contribution in [2.24, 2.45) is 0 Å². The first kappa shape index (κ1) is 13.7. The predicted octanol–water partition coefficient (Wildman–Crippen LogP) is 4.53. The van der Waals surface area contributed by atoms with E-state index in [0.717, 1.165) is 0 Å². The lowest BCUT2D eigenvalue weighted by molar-refractivity contribution is -0.109. The van der Waals surface area contributed by atoms with Crippen LogP contribution in [0.15, 0.2) is 22.7 Å². The summed E-state index contributed by atoms with van der Waals surface area (Å²) in [5.74, 6) is 0.146. The van der Waals surface area contributed by atoms with Crippen molar-refractivity contribution in [2.75, 3.05) is 5.75 Å². The first-order valence-electron chi connectivity index (χ1n) is 4.45. The lowest BCUT2D eigenvalue weighted by Gasteiger charge is -2.01. The number of hydrogen-bond acceptors (Lipinski definition) is 2. The first-order chi connectivity index (χ1) is 7.50. The third kappa shape index (κ3) is 4.28. The van der Waals surface area contributed by atoms with Gasteiger partial charge in [-0.15, -0.1) is 0 Å². The monoisotopic (exact) mass is 322 g/mol. The summed E-state index contributed by atoms with van der Waals surface area (Å²) in [6.45, 7) is 1.50. The van der Waals surface area contributed by atoms with E-state index in [9.17, 15) is 9.18 Å². The van der Waals surface area contributed by atoms with Crippen molar-refractivity contribution in [3.05, 3.63) is 39.1 Å². The zero-order valence-corrected chi connectivity index (χ0v) is 11.6. The van der Waals surface area contributed by atoms with E-state index < -0.39 is 0 Å². The minimum absolute atomic E-state index is 0.0419. The highest BCUT2D eigenvalue weighted by Gasteiger charge is 2.05. The van der Waals surface area contributed by atoms with E-state index in [1.54, 1.807) is 18.2 Å². The summed E-state index contributed by atoms with van der Waals surface area (Å²) in [6, 6.07) is 2.88. The average molecular weight is 324 g/mol. The molecular weight excluding hydrogens is 315 g/mol. The molecule has 0 saturated heterocycles. The molecule has 0 fully saturated rings.